The normalized spacial score (nSPS) is 12.4. The highest BCUT2D eigenvalue weighted by Gasteiger charge is 2.27. The minimum absolute atomic E-state index is 0.230. The van der Waals surface area contributed by atoms with Crippen LogP contribution in [0, 0.1) is 0 Å². The zero-order chi connectivity index (χ0) is 18.8. The van der Waals surface area contributed by atoms with E-state index in [1.165, 1.54) is 0 Å². The summed E-state index contributed by atoms with van der Waals surface area (Å²) < 4.78 is 33.7. The summed E-state index contributed by atoms with van der Waals surface area (Å²) in [5, 5.41) is 1.11. The van der Waals surface area contributed by atoms with E-state index >= 15 is 0 Å². The van der Waals surface area contributed by atoms with Gasteiger partial charge in [0.1, 0.15) is 5.75 Å². The van der Waals surface area contributed by atoms with Crippen molar-refractivity contribution in [1.82, 2.24) is 9.71 Å². The van der Waals surface area contributed by atoms with Gasteiger partial charge in [-0.25, -0.2) is 13.1 Å². The number of hydrogen-bond acceptors (Lipinski definition) is 3. The molecule has 0 unspecified atom stereocenters. The van der Waals surface area contributed by atoms with Gasteiger partial charge < -0.3 is 9.72 Å². The van der Waals surface area contributed by atoms with Crippen molar-refractivity contribution in [3.8, 4) is 5.75 Å². The molecule has 2 N–H and O–H groups in total. The van der Waals surface area contributed by atoms with Gasteiger partial charge in [0.15, 0.2) is 0 Å². The van der Waals surface area contributed by atoms with Crippen LogP contribution in [0.4, 0.5) is 0 Å². The Morgan fingerprint density at radius 3 is 2.46 bits per heavy atom. The van der Waals surface area contributed by atoms with E-state index in [9.17, 15) is 8.42 Å². The molecule has 0 atom stereocenters. The van der Waals surface area contributed by atoms with Gasteiger partial charge in [-0.1, -0.05) is 18.2 Å². The first-order valence-corrected chi connectivity index (χ1v) is 10.1. The minimum atomic E-state index is -3.62. The highest BCUT2D eigenvalue weighted by atomic mass is 32.2. The molecule has 0 amide bonds. The maximum Gasteiger partial charge on any atom is 0.241 e. The van der Waals surface area contributed by atoms with Gasteiger partial charge in [0.25, 0.3) is 0 Å². The van der Waals surface area contributed by atoms with Gasteiger partial charge in [0.2, 0.25) is 10.0 Å². The molecule has 0 saturated carbocycles. The summed E-state index contributed by atoms with van der Waals surface area (Å²) in [5.41, 5.74) is 1.50. The second-order valence-corrected chi connectivity index (χ2v) is 8.61. The maximum atomic E-state index is 12.7. The molecular formula is C20H24N2O3S. The molecule has 3 aromatic rings. The molecule has 1 heterocycles. The van der Waals surface area contributed by atoms with Crippen molar-refractivity contribution in [3.63, 3.8) is 0 Å². The molecule has 0 aliphatic carbocycles. The lowest BCUT2D eigenvalue weighted by molar-refractivity contribution is 0.340. The van der Waals surface area contributed by atoms with Gasteiger partial charge in [-0.15, -0.1) is 0 Å². The van der Waals surface area contributed by atoms with Crippen LogP contribution in [-0.2, 0) is 16.4 Å². The van der Waals surface area contributed by atoms with Crippen molar-refractivity contribution in [3.05, 3.63) is 60.3 Å². The smallest absolute Gasteiger partial charge is 0.241 e. The number of nitrogens with one attached hydrogen (secondary N) is 2. The Morgan fingerprint density at radius 2 is 1.77 bits per heavy atom. The molecule has 0 bridgehead atoms. The predicted molar refractivity (Wildman–Crippen MR) is 104 cm³/mol. The lowest BCUT2D eigenvalue weighted by Gasteiger charge is -2.26. The second-order valence-electron chi connectivity index (χ2n) is 6.93. The highest BCUT2D eigenvalue weighted by Crippen LogP contribution is 2.24. The monoisotopic (exact) mass is 372 g/mol. The van der Waals surface area contributed by atoms with Gasteiger partial charge >= 0.3 is 0 Å². The molecule has 0 aliphatic rings. The van der Waals surface area contributed by atoms with Crippen LogP contribution in [0.2, 0.25) is 0 Å². The third-order valence-corrected chi connectivity index (χ3v) is 5.88. The maximum absolute atomic E-state index is 12.7. The first-order valence-electron chi connectivity index (χ1n) is 8.62. The number of aromatic nitrogens is 1. The largest absolute Gasteiger partial charge is 0.494 e. The molecular weight excluding hydrogens is 348 g/mol. The quantitative estimate of drug-likeness (QED) is 0.661. The van der Waals surface area contributed by atoms with Crippen molar-refractivity contribution in [2.45, 2.75) is 37.6 Å². The Hall–Kier alpha value is -2.31. The average molecular weight is 372 g/mol. The van der Waals surface area contributed by atoms with E-state index in [0.717, 1.165) is 16.5 Å². The molecule has 138 valence electrons. The fourth-order valence-electron chi connectivity index (χ4n) is 3.09. The third kappa shape index (κ3) is 4.08. The molecule has 1 aromatic heterocycles. The van der Waals surface area contributed by atoms with E-state index in [4.69, 9.17) is 4.74 Å². The van der Waals surface area contributed by atoms with Crippen LogP contribution in [0.3, 0.4) is 0 Å². The Balaban J connectivity index is 1.79. The first kappa shape index (κ1) is 18.5. The second kappa shape index (κ2) is 7.13. The van der Waals surface area contributed by atoms with Crippen LogP contribution in [0.25, 0.3) is 10.9 Å². The van der Waals surface area contributed by atoms with E-state index in [-0.39, 0.29) is 4.90 Å². The number of aromatic amines is 1. The van der Waals surface area contributed by atoms with Gasteiger partial charge in [-0.3, -0.25) is 0 Å². The molecule has 26 heavy (non-hydrogen) atoms. The van der Waals surface area contributed by atoms with E-state index in [1.807, 2.05) is 51.2 Å². The Labute approximate surface area is 154 Å². The van der Waals surface area contributed by atoms with Crippen LogP contribution >= 0.6 is 0 Å². The number of benzene rings is 2. The van der Waals surface area contributed by atoms with Crippen molar-refractivity contribution < 1.29 is 13.2 Å². The van der Waals surface area contributed by atoms with Crippen molar-refractivity contribution in [2.24, 2.45) is 0 Å². The molecule has 0 saturated heterocycles. The highest BCUT2D eigenvalue weighted by molar-refractivity contribution is 7.89. The molecule has 0 spiro atoms. The zero-order valence-electron chi connectivity index (χ0n) is 15.2. The summed E-state index contributed by atoms with van der Waals surface area (Å²) in [7, 11) is -3.62. The lowest BCUT2D eigenvalue weighted by atomic mass is 9.96. The van der Waals surface area contributed by atoms with Crippen LogP contribution in [0.1, 0.15) is 26.3 Å². The summed E-state index contributed by atoms with van der Waals surface area (Å²) in [6.07, 6.45) is 2.52. The molecule has 0 radical (unpaired) electrons. The van der Waals surface area contributed by atoms with Gasteiger partial charge in [0, 0.05) is 22.6 Å². The van der Waals surface area contributed by atoms with E-state index < -0.39 is 15.6 Å². The predicted octanol–water partition coefficient (Wildman–Crippen LogP) is 3.87. The zero-order valence-corrected chi connectivity index (χ0v) is 16.1. The van der Waals surface area contributed by atoms with Crippen LogP contribution in [-0.4, -0.2) is 25.5 Å². The van der Waals surface area contributed by atoms with Crippen LogP contribution < -0.4 is 9.46 Å². The number of fused-ring (bicyclic) bond motifs is 1. The molecule has 0 fully saturated rings. The third-order valence-electron chi connectivity index (χ3n) is 4.16. The van der Waals surface area contributed by atoms with E-state index in [0.29, 0.717) is 18.8 Å². The molecule has 3 rings (SSSR count). The fourth-order valence-corrected chi connectivity index (χ4v) is 4.51. The van der Waals surface area contributed by atoms with Gasteiger partial charge in [0.05, 0.1) is 11.5 Å². The SMILES string of the molecule is CCOc1ccc(S(=O)(=O)NC(C)(C)Cc2c[nH]c3ccccc23)cc1. The van der Waals surface area contributed by atoms with Gasteiger partial charge in [-0.05, 0) is 63.1 Å². The standard InChI is InChI=1S/C20H24N2O3S/c1-4-25-16-9-11-17(12-10-16)26(23,24)22-20(2,3)13-15-14-21-19-8-6-5-7-18(15)19/h5-12,14,21-22H,4,13H2,1-3H3. The topological polar surface area (TPSA) is 71.2 Å². The molecule has 0 aliphatic heterocycles. The Kier molecular flexibility index (Phi) is 5.07. The van der Waals surface area contributed by atoms with Crippen molar-refractivity contribution >= 4 is 20.9 Å². The number of ether oxygens (including phenoxy) is 1. The summed E-state index contributed by atoms with van der Waals surface area (Å²) in [6, 6.07) is 14.5. The van der Waals surface area contributed by atoms with Gasteiger partial charge in [-0.2, -0.15) is 0 Å². The number of hydrogen-bond donors (Lipinski definition) is 2. The number of para-hydroxylation sites is 1. The number of sulfonamides is 1. The summed E-state index contributed by atoms with van der Waals surface area (Å²) >= 11 is 0. The number of H-pyrrole nitrogens is 1. The summed E-state index contributed by atoms with van der Waals surface area (Å²) in [5.74, 6) is 0.657. The first-order chi connectivity index (χ1) is 12.3. The molecule has 5 nitrogen and oxygen atoms in total. The van der Waals surface area contributed by atoms with Crippen molar-refractivity contribution in [1.29, 1.82) is 0 Å². The van der Waals surface area contributed by atoms with Crippen LogP contribution in [0.15, 0.2) is 59.6 Å². The minimum Gasteiger partial charge on any atom is -0.494 e. The number of rotatable bonds is 7. The lowest BCUT2D eigenvalue weighted by Crippen LogP contribution is -2.44. The molecule has 2 aromatic carbocycles. The van der Waals surface area contributed by atoms with Crippen LogP contribution in [0.5, 0.6) is 5.75 Å². The molecule has 6 heteroatoms. The fraction of sp³-hybridized carbons (Fsp3) is 0.300. The van der Waals surface area contributed by atoms with Crippen molar-refractivity contribution in [2.75, 3.05) is 6.61 Å². The van der Waals surface area contributed by atoms with E-state index in [2.05, 4.69) is 9.71 Å². The Morgan fingerprint density at radius 1 is 1.08 bits per heavy atom. The summed E-state index contributed by atoms with van der Waals surface area (Å²) in [6.45, 7) is 6.21. The summed E-state index contributed by atoms with van der Waals surface area (Å²) in [4.78, 5) is 3.46. The average Bonchev–Trinajstić information content (AvgIpc) is 2.97. The van der Waals surface area contributed by atoms with E-state index in [1.54, 1.807) is 24.3 Å². The Bertz CT molecular complexity index is 989.